The van der Waals surface area contributed by atoms with Gasteiger partial charge < -0.3 is 15.5 Å². The van der Waals surface area contributed by atoms with E-state index in [1.165, 1.54) is 0 Å². The number of halogens is 3. The Bertz CT molecular complexity index is 841. The van der Waals surface area contributed by atoms with Crippen molar-refractivity contribution in [3.05, 3.63) is 59.4 Å². The van der Waals surface area contributed by atoms with Crippen LogP contribution in [0, 0.1) is 24.4 Å². The molecule has 8 heteroatoms. The number of anilines is 2. The number of benzene rings is 2. The van der Waals surface area contributed by atoms with Crippen LogP contribution < -0.4 is 15.5 Å². The van der Waals surface area contributed by atoms with E-state index in [2.05, 4.69) is 10.6 Å². The van der Waals surface area contributed by atoms with Crippen molar-refractivity contribution in [2.75, 3.05) is 24.2 Å². The van der Waals surface area contributed by atoms with Crippen molar-refractivity contribution in [2.24, 2.45) is 0 Å². The fraction of sp³-hybridized carbons (Fsp3) is 0.263. The highest BCUT2D eigenvalue weighted by Gasteiger charge is 2.25. The van der Waals surface area contributed by atoms with Crippen LogP contribution in [0.5, 0.6) is 0 Å². The second kappa shape index (κ2) is 8.68. The molecule has 144 valence electrons. The van der Waals surface area contributed by atoms with Crippen molar-refractivity contribution < 1.29 is 27.7 Å². The van der Waals surface area contributed by atoms with E-state index in [1.807, 2.05) is 19.1 Å². The van der Waals surface area contributed by atoms with Gasteiger partial charge in [0, 0.05) is 5.69 Å². The van der Waals surface area contributed by atoms with Crippen LogP contribution in [0.3, 0.4) is 0 Å². The van der Waals surface area contributed by atoms with E-state index < -0.39 is 35.1 Å². The summed E-state index contributed by atoms with van der Waals surface area (Å²) in [6.07, 6.45) is 0. The molecule has 27 heavy (non-hydrogen) atoms. The van der Waals surface area contributed by atoms with Gasteiger partial charge in [0.05, 0.1) is 12.7 Å². The molecule has 0 aromatic heterocycles. The van der Waals surface area contributed by atoms with Crippen LogP contribution in [-0.2, 0) is 9.59 Å². The topological polar surface area (TPSA) is 62.6 Å². The Hall–Kier alpha value is -2.87. The van der Waals surface area contributed by atoms with Crippen molar-refractivity contribution in [3.63, 3.8) is 0 Å². The fourth-order valence-corrected chi connectivity index (χ4v) is 2.34. The first-order chi connectivity index (χ1) is 12.7. The average Bonchev–Trinajstić information content (AvgIpc) is 2.63. The van der Waals surface area contributed by atoms with Crippen LogP contribution in [0.25, 0.3) is 0 Å². The summed E-state index contributed by atoms with van der Waals surface area (Å²) < 4.78 is 39.9. The molecule has 0 bridgehead atoms. The van der Waals surface area contributed by atoms with Gasteiger partial charge in [0.1, 0.15) is 0 Å². The summed E-state index contributed by atoms with van der Waals surface area (Å²) in [6, 6.07) is 8.19. The highest BCUT2D eigenvalue weighted by molar-refractivity contribution is 5.94. The molecule has 2 aromatic rings. The lowest BCUT2D eigenvalue weighted by atomic mass is 10.2. The number of rotatable bonds is 6. The Balaban J connectivity index is 1.94. The molecule has 2 amide bonds. The lowest BCUT2D eigenvalue weighted by Crippen LogP contribution is -3.14. The molecule has 5 nitrogen and oxygen atoms in total. The molecular formula is C19H21F3N3O2+. The van der Waals surface area contributed by atoms with E-state index >= 15 is 0 Å². The predicted octanol–water partition coefficient (Wildman–Crippen LogP) is 1.89. The summed E-state index contributed by atoms with van der Waals surface area (Å²) in [6.45, 7) is 3.46. The number of aryl methyl sites for hydroxylation is 1. The number of carbonyl (C=O) groups excluding carboxylic acids is 2. The highest BCUT2D eigenvalue weighted by Crippen LogP contribution is 2.19. The minimum absolute atomic E-state index is 0.0112. The van der Waals surface area contributed by atoms with Gasteiger partial charge in [-0.2, -0.15) is 0 Å². The Kier molecular flexibility index (Phi) is 6.57. The lowest BCUT2D eigenvalue weighted by Gasteiger charge is -2.20. The van der Waals surface area contributed by atoms with Crippen molar-refractivity contribution in [2.45, 2.75) is 19.9 Å². The third-order valence-corrected chi connectivity index (χ3v) is 4.20. The summed E-state index contributed by atoms with van der Waals surface area (Å²) in [7, 11) is 1.63. The molecule has 0 aliphatic rings. The van der Waals surface area contributed by atoms with Gasteiger partial charge in [0.25, 0.3) is 11.8 Å². The van der Waals surface area contributed by atoms with Crippen LogP contribution in [-0.4, -0.2) is 31.4 Å². The molecule has 0 aliphatic heterocycles. The second-order valence-electron chi connectivity index (χ2n) is 6.37. The maximum atomic E-state index is 13.7. The van der Waals surface area contributed by atoms with Crippen molar-refractivity contribution >= 4 is 23.2 Å². The first-order valence-electron chi connectivity index (χ1n) is 8.32. The molecule has 2 atom stereocenters. The normalized spacial score (nSPS) is 13.0. The highest BCUT2D eigenvalue weighted by atomic mass is 19.2. The summed E-state index contributed by atoms with van der Waals surface area (Å²) in [4.78, 5) is 24.9. The summed E-state index contributed by atoms with van der Waals surface area (Å²) in [5.74, 6) is -5.38. The number of quaternary nitrogens is 1. The molecular weight excluding hydrogens is 359 g/mol. The Morgan fingerprint density at radius 2 is 1.63 bits per heavy atom. The van der Waals surface area contributed by atoms with E-state index in [4.69, 9.17) is 0 Å². The van der Waals surface area contributed by atoms with E-state index in [0.717, 1.165) is 17.7 Å². The van der Waals surface area contributed by atoms with Gasteiger partial charge in [-0.15, -0.1) is 0 Å². The van der Waals surface area contributed by atoms with E-state index in [0.29, 0.717) is 10.6 Å². The van der Waals surface area contributed by atoms with Crippen molar-refractivity contribution in [3.8, 4) is 0 Å². The number of nitrogens with one attached hydrogen (secondary N) is 3. The Labute approximate surface area is 155 Å². The maximum Gasteiger partial charge on any atom is 0.282 e. The average molecular weight is 380 g/mol. The fourth-order valence-electron chi connectivity index (χ4n) is 2.34. The van der Waals surface area contributed by atoms with Crippen LogP contribution >= 0.6 is 0 Å². The van der Waals surface area contributed by atoms with Crippen LogP contribution in [0.4, 0.5) is 24.5 Å². The third-order valence-electron chi connectivity index (χ3n) is 4.20. The van der Waals surface area contributed by atoms with Gasteiger partial charge in [-0.1, -0.05) is 17.7 Å². The molecule has 0 heterocycles. The number of likely N-dealkylation sites (N-methyl/N-ethyl adjacent to an activating group) is 1. The summed E-state index contributed by atoms with van der Waals surface area (Å²) in [5.41, 5.74) is 1.24. The largest absolute Gasteiger partial charge is 0.321 e. The zero-order chi connectivity index (χ0) is 20.1. The van der Waals surface area contributed by atoms with Crippen LogP contribution in [0.1, 0.15) is 12.5 Å². The van der Waals surface area contributed by atoms with Gasteiger partial charge in [-0.05, 0) is 38.1 Å². The summed E-state index contributed by atoms with van der Waals surface area (Å²) in [5, 5.41) is 4.94. The third kappa shape index (κ3) is 5.30. The van der Waals surface area contributed by atoms with Gasteiger partial charge in [0.2, 0.25) is 0 Å². The molecule has 3 N–H and O–H groups in total. The number of hydrogen-bond acceptors (Lipinski definition) is 2. The first-order valence-corrected chi connectivity index (χ1v) is 8.32. The van der Waals surface area contributed by atoms with Crippen molar-refractivity contribution in [1.82, 2.24) is 0 Å². The lowest BCUT2D eigenvalue weighted by molar-refractivity contribution is -0.885. The molecule has 0 aliphatic carbocycles. The number of hydrogen-bond donors (Lipinski definition) is 3. The SMILES string of the molecule is Cc1ccc(NC(=O)C[NH+](C)[C@H](C)C(=O)Nc2ccc(F)c(F)c2F)cc1. The zero-order valence-electron chi connectivity index (χ0n) is 15.2. The van der Waals surface area contributed by atoms with E-state index in [9.17, 15) is 22.8 Å². The van der Waals surface area contributed by atoms with Gasteiger partial charge >= 0.3 is 0 Å². The van der Waals surface area contributed by atoms with E-state index in [1.54, 1.807) is 26.1 Å². The van der Waals surface area contributed by atoms with E-state index in [-0.39, 0.29) is 12.5 Å². The first kappa shape index (κ1) is 20.4. The van der Waals surface area contributed by atoms with Crippen molar-refractivity contribution in [1.29, 1.82) is 0 Å². The monoisotopic (exact) mass is 380 g/mol. The minimum atomic E-state index is -1.65. The standard InChI is InChI=1S/C19H20F3N3O2/c1-11-4-6-13(7-5-11)23-16(26)10-25(3)12(2)19(27)24-15-9-8-14(20)17(21)18(15)22/h4-9,12H,10H2,1-3H3,(H,23,26)(H,24,27)/p+1/t12-/m1/s1. The van der Waals surface area contributed by atoms with Crippen LogP contribution in [0.15, 0.2) is 36.4 Å². The zero-order valence-corrected chi connectivity index (χ0v) is 15.2. The number of carbonyl (C=O) groups is 2. The van der Waals surface area contributed by atoms with Gasteiger partial charge in [-0.3, -0.25) is 9.59 Å². The molecule has 0 saturated carbocycles. The second-order valence-corrected chi connectivity index (χ2v) is 6.37. The molecule has 1 unspecified atom stereocenters. The molecule has 0 fully saturated rings. The molecule has 2 rings (SSSR count). The molecule has 0 saturated heterocycles. The smallest absolute Gasteiger partial charge is 0.282 e. The summed E-state index contributed by atoms with van der Waals surface area (Å²) >= 11 is 0. The Morgan fingerprint density at radius 3 is 2.26 bits per heavy atom. The minimum Gasteiger partial charge on any atom is -0.321 e. The van der Waals surface area contributed by atoms with Gasteiger partial charge in [0.15, 0.2) is 30.0 Å². The molecule has 2 aromatic carbocycles. The molecule has 0 radical (unpaired) electrons. The molecule has 0 spiro atoms. The maximum absolute atomic E-state index is 13.7. The van der Waals surface area contributed by atoms with Gasteiger partial charge in [-0.25, -0.2) is 13.2 Å². The quantitative estimate of drug-likeness (QED) is 0.671. The van der Waals surface area contributed by atoms with Crippen LogP contribution in [0.2, 0.25) is 0 Å². The number of amides is 2. The Morgan fingerprint density at radius 1 is 1.00 bits per heavy atom. The predicted molar refractivity (Wildman–Crippen MR) is 96.0 cm³/mol.